The van der Waals surface area contributed by atoms with E-state index in [-0.39, 0.29) is 30.7 Å². The lowest BCUT2D eigenvalue weighted by molar-refractivity contribution is -0.0445. The molecule has 0 aromatic rings. The Morgan fingerprint density at radius 1 is 1.18 bits per heavy atom. The minimum atomic E-state index is -3.49. The van der Waals surface area contributed by atoms with Crippen molar-refractivity contribution in [1.29, 1.82) is 0 Å². The van der Waals surface area contributed by atoms with Crippen LogP contribution in [0.25, 0.3) is 0 Å². The minimum Gasteiger partial charge on any atom is -0.373 e. The summed E-state index contributed by atoms with van der Waals surface area (Å²) >= 11 is 0. The van der Waals surface area contributed by atoms with Crippen LogP contribution in [-0.2, 0) is 14.9 Å². The Hall–Kier alpha value is 0.0800. The Bertz CT molecular complexity index is 419. The molecule has 0 bridgehead atoms. The van der Waals surface area contributed by atoms with E-state index in [0.717, 1.165) is 12.8 Å². The van der Waals surface area contributed by atoms with Crippen molar-refractivity contribution in [2.45, 2.75) is 64.2 Å². The van der Waals surface area contributed by atoms with E-state index in [4.69, 9.17) is 10.5 Å². The molecule has 1 saturated carbocycles. The van der Waals surface area contributed by atoms with Gasteiger partial charge in [0.25, 0.3) is 10.2 Å². The Morgan fingerprint density at radius 2 is 1.73 bits per heavy atom. The summed E-state index contributed by atoms with van der Waals surface area (Å²) in [5.41, 5.74) is 5.82. The Labute approximate surface area is 140 Å². The average Bonchev–Trinajstić information content (AvgIpc) is 2.45. The molecule has 132 valence electrons. The zero-order valence-corrected chi connectivity index (χ0v) is 15.2. The maximum absolute atomic E-state index is 12.6. The highest BCUT2D eigenvalue weighted by Gasteiger charge is 2.34. The summed E-state index contributed by atoms with van der Waals surface area (Å²) in [5.74, 6) is 0.370. The van der Waals surface area contributed by atoms with Crippen molar-refractivity contribution >= 4 is 22.6 Å². The second-order valence-corrected chi connectivity index (χ2v) is 8.14. The van der Waals surface area contributed by atoms with Gasteiger partial charge in [-0.3, -0.25) is 0 Å². The molecule has 2 rings (SSSR count). The highest BCUT2D eigenvalue weighted by molar-refractivity contribution is 7.87. The van der Waals surface area contributed by atoms with Crippen LogP contribution in [0.2, 0.25) is 0 Å². The van der Waals surface area contributed by atoms with Crippen molar-refractivity contribution in [3.63, 3.8) is 0 Å². The van der Waals surface area contributed by atoms with Crippen molar-refractivity contribution in [2.75, 3.05) is 19.6 Å². The molecular weight excluding hydrogens is 326 g/mol. The van der Waals surface area contributed by atoms with Crippen LogP contribution in [-0.4, -0.2) is 50.6 Å². The number of morpholine rings is 1. The van der Waals surface area contributed by atoms with Gasteiger partial charge >= 0.3 is 0 Å². The third-order valence-corrected chi connectivity index (χ3v) is 6.08. The van der Waals surface area contributed by atoms with E-state index in [1.165, 1.54) is 23.6 Å². The largest absolute Gasteiger partial charge is 0.373 e. The quantitative estimate of drug-likeness (QED) is 0.777. The van der Waals surface area contributed by atoms with E-state index >= 15 is 0 Å². The fourth-order valence-electron chi connectivity index (χ4n) is 3.47. The van der Waals surface area contributed by atoms with Crippen LogP contribution in [0.5, 0.6) is 0 Å². The van der Waals surface area contributed by atoms with Crippen molar-refractivity contribution in [3.05, 3.63) is 0 Å². The molecule has 1 saturated heterocycles. The molecule has 1 heterocycles. The summed E-state index contributed by atoms with van der Waals surface area (Å²) in [7, 11) is -3.49. The van der Waals surface area contributed by atoms with Crippen molar-refractivity contribution in [2.24, 2.45) is 11.7 Å². The summed E-state index contributed by atoms with van der Waals surface area (Å²) in [4.78, 5) is 0. The molecule has 0 amide bonds. The van der Waals surface area contributed by atoms with Crippen LogP contribution in [0.3, 0.4) is 0 Å². The lowest BCUT2D eigenvalue weighted by Crippen LogP contribution is -2.56. The summed E-state index contributed by atoms with van der Waals surface area (Å²) in [5, 5.41) is 0. The van der Waals surface area contributed by atoms with Gasteiger partial charge in [0, 0.05) is 25.7 Å². The molecule has 6 nitrogen and oxygen atoms in total. The van der Waals surface area contributed by atoms with Crippen LogP contribution in [0.4, 0.5) is 0 Å². The standard InChI is InChI=1S/C14H29N3O3S.ClH/c1-11-9-17(10-12(2)20-11)21(18,19)16-14(8-15)13-6-4-3-5-7-13;/h11-14,16H,3-10,15H2,1-2H3;1H. The SMILES string of the molecule is CC1CN(S(=O)(=O)NC(CN)C2CCCCC2)CC(C)O1.Cl. The smallest absolute Gasteiger partial charge is 0.279 e. The average molecular weight is 356 g/mol. The molecule has 3 unspecified atom stereocenters. The molecule has 3 atom stereocenters. The third kappa shape index (κ3) is 5.32. The number of rotatable bonds is 5. The fraction of sp³-hybridized carbons (Fsp3) is 1.00. The van der Waals surface area contributed by atoms with Gasteiger partial charge in [0.1, 0.15) is 0 Å². The van der Waals surface area contributed by atoms with Gasteiger partial charge in [0.2, 0.25) is 0 Å². The molecule has 0 aromatic carbocycles. The van der Waals surface area contributed by atoms with Crippen LogP contribution in [0.15, 0.2) is 0 Å². The monoisotopic (exact) mass is 355 g/mol. The first-order valence-corrected chi connectivity index (χ1v) is 9.49. The van der Waals surface area contributed by atoms with Gasteiger partial charge in [-0.15, -0.1) is 12.4 Å². The summed E-state index contributed by atoms with van der Waals surface area (Å²) in [6.45, 7) is 4.97. The van der Waals surface area contributed by atoms with Crippen LogP contribution in [0.1, 0.15) is 46.0 Å². The predicted molar refractivity (Wildman–Crippen MR) is 90.3 cm³/mol. The number of halogens is 1. The van der Waals surface area contributed by atoms with Gasteiger partial charge in [0.15, 0.2) is 0 Å². The van der Waals surface area contributed by atoms with Crippen molar-refractivity contribution in [1.82, 2.24) is 9.03 Å². The van der Waals surface area contributed by atoms with Crippen LogP contribution < -0.4 is 10.5 Å². The van der Waals surface area contributed by atoms with Gasteiger partial charge in [-0.05, 0) is 32.6 Å². The number of nitrogens with one attached hydrogen (secondary N) is 1. The molecule has 0 aromatic heterocycles. The molecule has 0 radical (unpaired) electrons. The second kappa shape index (κ2) is 8.80. The molecule has 22 heavy (non-hydrogen) atoms. The number of hydrogen-bond acceptors (Lipinski definition) is 4. The van der Waals surface area contributed by atoms with E-state index in [1.54, 1.807) is 0 Å². The van der Waals surface area contributed by atoms with E-state index < -0.39 is 10.2 Å². The molecule has 3 N–H and O–H groups in total. The lowest BCUT2D eigenvalue weighted by Gasteiger charge is -2.36. The first-order chi connectivity index (χ1) is 9.92. The Balaban J connectivity index is 0.00000242. The van der Waals surface area contributed by atoms with E-state index in [1.807, 2.05) is 13.8 Å². The first-order valence-electron chi connectivity index (χ1n) is 8.05. The maximum atomic E-state index is 12.6. The van der Waals surface area contributed by atoms with Crippen LogP contribution >= 0.6 is 12.4 Å². The zero-order chi connectivity index (χ0) is 15.5. The van der Waals surface area contributed by atoms with Gasteiger partial charge in [-0.25, -0.2) is 0 Å². The number of nitrogens with two attached hydrogens (primary N) is 1. The van der Waals surface area contributed by atoms with Gasteiger partial charge in [-0.1, -0.05) is 19.3 Å². The maximum Gasteiger partial charge on any atom is 0.279 e. The van der Waals surface area contributed by atoms with Crippen LogP contribution in [0, 0.1) is 5.92 Å². The van der Waals surface area contributed by atoms with E-state index in [9.17, 15) is 8.42 Å². The summed E-state index contributed by atoms with van der Waals surface area (Å²) in [6.07, 6.45) is 5.59. The molecule has 2 aliphatic rings. The second-order valence-electron chi connectivity index (χ2n) is 6.44. The topological polar surface area (TPSA) is 84.7 Å². The molecular formula is C14H30ClN3O3S. The van der Waals surface area contributed by atoms with Gasteiger partial charge in [0.05, 0.1) is 12.2 Å². The van der Waals surface area contributed by atoms with Crippen molar-refractivity contribution < 1.29 is 13.2 Å². The first kappa shape index (κ1) is 20.1. The molecule has 1 aliphatic carbocycles. The van der Waals surface area contributed by atoms with Gasteiger partial charge < -0.3 is 10.5 Å². The fourth-order valence-corrected chi connectivity index (χ4v) is 5.10. The highest BCUT2D eigenvalue weighted by Crippen LogP contribution is 2.27. The number of nitrogens with zero attached hydrogens (tertiary/aromatic N) is 1. The molecule has 8 heteroatoms. The third-order valence-electron chi connectivity index (χ3n) is 4.50. The predicted octanol–water partition coefficient (Wildman–Crippen LogP) is 1.26. The number of hydrogen-bond donors (Lipinski definition) is 2. The van der Waals surface area contributed by atoms with E-state index in [2.05, 4.69) is 4.72 Å². The normalized spacial score (nSPS) is 29.8. The molecule has 0 spiro atoms. The highest BCUT2D eigenvalue weighted by atomic mass is 35.5. The molecule has 1 aliphatic heterocycles. The van der Waals surface area contributed by atoms with E-state index in [0.29, 0.717) is 25.6 Å². The van der Waals surface area contributed by atoms with Crippen molar-refractivity contribution in [3.8, 4) is 0 Å². The Morgan fingerprint density at radius 3 is 2.23 bits per heavy atom. The zero-order valence-electron chi connectivity index (χ0n) is 13.5. The number of ether oxygens (including phenoxy) is 1. The molecule has 2 fully saturated rings. The minimum absolute atomic E-state index is 0. The lowest BCUT2D eigenvalue weighted by atomic mass is 9.84. The summed E-state index contributed by atoms with van der Waals surface area (Å²) < 4.78 is 35.1. The Kier molecular flexibility index (Phi) is 8.05. The summed E-state index contributed by atoms with van der Waals surface area (Å²) in [6, 6.07) is -0.149. The van der Waals surface area contributed by atoms with Gasteiger partial charge in [-0.2, -0.15) is 17.4 Å².